The fraction of sp³-hybridized carbons (Fsp3) is 0.440. The summed E-state index contributed by atoms with van der Waals surface area (Å²) in [5.74, 6) is 5.03. The van der Waals surface area contributed by atoms with Crippen molar-refractivity contribution in [1.82, 2.24) is 0 Å². The Morgan fingerprint density at radius 3 is 2.07 bits per heavy atom. The molecule has 4 rings (SSSR count). The quantitative estimate of drug-likeness (QED) is 0.375. The van der Waals surface area contributed by atoms with Crippen molar-refractivity contribution >= 4 is 0 Å². The maximum atomic E-state index is 13.3. The van der Waals surface area contributed by atoms with Gasteiger partial charge in [-0.25, -0.2) is 13.2 Å². The molecule has 2 aromatic rings. The molecule has 2 fully saturated rings. The zero-order chi connectivity index (χ0) is 19.7. The maximum Gasteiger partial charge on any atom is 0.194 e. The summed E-state index contributed by atoms with van der Waals surface area (Å²) in [5, 5.41) is 0. The van der Waals surface area contributed by atoms with Crippen molar-refractivity contribution in [1.29, 1.82) is 0 Å². The lowest BCUT2D eigenvalue weighted by Crippen LogP contribution is -2.29. The van der Waals surface area contributed by atoms with Gasteiger partial charge >= 0.3 is 0 Å². The largest absolute Gasteiger partial charge is 0.204 e. The number of halogens is 3. The van der Waals surface area contributed by atoms with Gasteiger partial charge in [-0.1, -0.05) is 37.3 Å². The first-order chi connectivity index (χ1) is 13.5. The number of fused-ring (bicyclic) bond motifs is 1. The molecular weight excluding hydrogens is 357 g/mol. The Balaban J connectivity index is 1.44. The minimum atomic E-state index is -1.46. The van der Waals surface area contributed by atoms with E-state index in [-0.39, 0.29) is 5.56 Å². The summed E-state index contributed by atoms with van der Waals surface area (Å²) in [4.78, 5) is 0. The van der Waals surface area contributed by atoms with E-state index in [1.165, 1.54) is 44.1 Å². The molecule has 0 aromatic heterocycles. The van der Waals surface area contributed by atoms with Crippen LogP contribution < -0.4 is 0 Å². The molecule has 28 heavy (non-hydrogen) atoms. The molecule has 4 atom stereocenters. The number of hydrogen-bond donors (Lipinski definition) is 0. The Bertz CT molecular complexity index is 881. The minimum absolute atomic E-state index is 0.130. The number of benzene rings is 2. The molecule has 0 heterocycles. The Kier molecular flexibility index (Phi) is 5.49. The molecule has 2 aliphatic carbocycles. The van der Waals surface area contributed by atoms with Crippen LogP contribution in [0.5, 0.6) is 0 Å². The van der Waals surface area contributed by atoms with Gasteiger partial charge in [-0.05, 0) is 85.6 Å². The van der Waals surface area contributed by atoms with Gasteiger partial charge in [-0.3, -0.25) is 0 Å². The van der Waals surface area contributed by atoms with E-state index in [4.69, 9.17) is 0 Å². The van der Waals surface area contributed by atoms with Gasteiger partial charge < -0.3 is 0 Å². The van der Waals surface area contributed by atoms with Crippen molar-refractivity contribution in [3.63, 3.8) is 0 Å². The number of rotatable bonds is 1. The Labute approximate surface area is 165 Å². The number of hydrogen-bond acceptors (Lipinski definition) is 0. The zero-order valence-electron chi connectivity index (χ0n) is 16.2. The maximum absolute atomic E-state index is 13.3. The van der Waals surface area contributed by atoms with E-state index in [2.05, 4.69) is 30.9 Å². The smallest absolute Gasteiger partial charge is 0.194 e. The molecule has 1 unspecified atom stereocenters. The predicted octanol–water partition coefficient (Wildman–Crippen LogP) is 6.82. The first kappa shape index (κ1) is 19.1. The molecule has 0 amide bonds. The van der Waals surface area contributed by atoms with Gasteiger partial charge in [0, 0.05) is 11.1 Å². The summed E-state index contributed by atoms with van der Waals surface area (Å²) in [6, 6.07) is 10.0. The third-order valence-corrected chi connectivity index (χ3v) is 6.59. The highest BCUT2D eigenvalue weighted by atomic mass is 19.2. The standard InChI is InChI=1S/C25H25F3/c1-16-2-7-22-15-21(11-10-20(22)12-16)19-8-5-17(6-9-19)3-4-18-13-23(26)25(28)24(27)14-18/h5-6,8-9,13-14,16,20-22H,2,7,10-12,15H2,1H3/t16?,20-,21-,22-/m1/s1. The van der Waals surface area contributed by atoms with E-state index in [1.807, 2.05) is 12.1 Å². The van der Waals surface area contributed by atoms with Crippen molar-refractivity contribution in [3.8, 4) is 11.8 Å². The molecule has 2 aliphatic rings. The van der Waals surface area contributed by atoms with Crippen LogP contribution >= 0.6 is 0 Å². The van der Waals surface area contributed by atoms with Gasteiger partial charge in [0.05, 0.1) is 0 Å². The van der Waals surface area contributed by atoms with Gasteiger partial charge in [0.15, 0.2) is 17.5 Å². The monoisotopic (exact) mass is 382 g/mol. The minimum Gasteiger partial charge on any atom is -0.204 e. The Morgan fingerprint density at radius 1 is 0.750 bits per heavy atom. The second-order valence-electron chi connectivity index (χ2n) is 8.57. The average Bonchev–Trinajstić information content (AvgIpc) is 2.70. The van der Waals surface area contributed by atoms with E-state index in [0.29, 0.717) is 5.92 Å². The first-order valence-electron chi connectivity index (χ1n) is 10.3. The SMILES string of the molecule is CC1CC[C@@H]2C[C@H](c3ccc(C#Cc4cc(F)c(F)c(F)c4)cc3)CC[C@@H]2C1. The van der Waals surface area contributed by atoms with E-state index in [9.17, 15) is 13.2 Å². The van der Waals surface area contributed by atoms with Crippen LogP contribution in [0.4, 0.5) is 13.2 Å². The molecule has 0 radical (unpaired) electrons. The normalized spacial score (nSPS) is 26.9. The topological polar surface area (TPSA) is 0 Å². The molecule has 3 heteroatoms. The highest BCUT2D eigenvalue weighted by Gasteiger charge is 2.34. The van der Waals surface area contributed by atoms with E-state index >= 15 is 0 Å². The van der Waals surface area contributed by atoms with Gasteiger partial charge in [-0.15, -0.1) is 0 Å². The fourth-order valence-corrected chi connectivity index (χ4v) is 5.04. The van der Waals surface area contributed by atoms with Crippen molar-refractivity contribution < 1.29 is 13.2 Å². The van der Waals surface area contributed by atoms with Crippen LogP contribution in [0.3, 0.4) is 0 Å². The molecular formula is C25H25F3. The summed E-state index contributed by atoms with van der Waals surface area (Å²) >= 11 is 0. The highest BCUT2D eigenvalue weighted by Crippen LogP contribution is 2.47. The van der Waals surface area contributed by atoms with Crippen LogP contribution in [0.1, 0.15) is 68.1 Å². The lowest BCUT2D eigenvalue weighted by Gasteiger charge is -2.41. The van der Waals surface area contributed by atoms with Gasteiger partial charge in [0.25, 0.3) is 0 Å². The summed E-state index contributed by atoms with van der Waals surface area (Å²) in [6.07, 6.45) is 8.02. The van der Waals surface area contributed by atoms with Crippen molar-refractivity contribution in [3.05, 3.63) is 70.5 Å². The van der Waals surface area contributed by atoms with Crippen molar-refractivity contribution in [2.45, 2.75) is 51.4 Å². The third kappa shape index (κ3) is 4.12. The van der Waals surface area contributed by atoms with Crippen LogP contribution in [-0.4, -0.2) is 0 Å². The molecule has 0 saturated heterocycles. The Hall–Kier alpha value is -2.21. The summed E-state index contributed by atoms with van der Waals surface area (Å²) in [6.45, 7) is 2.39. The molecule has 0 bridgehead atoms. The van der Waals surface area contributed by atoms with Crippen molar-refractivity contribution in [2.24, 2.45) is 17.8 Å². The molecule has 2 saturated carbocycles. The van der Waals surface area contributed by atoms with Crippen LogP contribution in [-0.2, 0) is 0 Å². The van der Waals surface area contributed by atoms with Crippen molar-refractivity contribution in [2.75, 3.05) is 0 Å². The predicted molar refractivity (Wildman–Crippen MR) is 105 cm³/mol. The summed E-state index contributed by atoms with van der Waals surface area (Å²) in [7, 11) is 0. The van der Waals surface area contributed by atoms with Gasteiger partial charge in [0.2, 0.25) is 0 Å². The molecule has 2 aromatic carbocycles. The highest BCUT2D eigenvalue weighted by molar-refractivity contribution is 5.44. The second-order valence-corrected chi connectivity index (χ2v) is 8.57. The molecule has 0 aliphatic heterocycles. The van der Waals surface area contributed by atoms with Crippen LogP contribution in [0.25, 0.3) is 0 Å². The second kappa shape index (κ2) is 8.03. The van der Waals surface area contributed by atoms with Crippen LogP contribution in [0.15, 0.2) is 36.4 Å². The van der Waals surface area contributed by atoms with E-state index in [1.54, 1.807) is 0 Å². The van der Waals surface area contributed by atoms with Crippen LogP contribution in [0, 0.1) is 47.0 Å². The van der Waals surface area contributed by atoms with E-state index < -0.39 is 17.5 Å². The van der Waals surface area contributed by atoms with Gasteiger partial charge in [-0.2, -0.15) is 0 Å². The average molecular weight is 382 g/mol. The summed E-state index contributed by atoms with van der Waals surface area (Å²) < 4.78 is 39.6. The molecule has 146 valence electrons. The molecule has 0 spiro atoms. The molecule has 0 nitrogen and oxygen atoms in total. The Morgan fingerprint density at radius 2 is 1.36 bits per heavy atom. The molecule has 0 N–H and O–H groups in total. The summed E-state index contributed by atoms with van der Waals surface area (Å²) in [5.41, 5.74) is 2.28. The lowest BCUT2D eigenvalue weighted by molar-refractivity contribution is 0.124. The van der Waals surface area contributed by atoms with Crippen LogP contribution in [0.2, 0.25) is 0 Å². The zero-order valence-corrected chi connectivity index (χ0v) is 16.2. The third-order valence-electron chi connectivity index (χ3n) is 6.59. The van der Waals surface area contributed by atoms with Gasteiger partial charge in [0.1, 0.15) is 0 Å². The van der Waals surface area contributed by atoms with E-state index in [0.717, 1.165) is 35.4 Å². The first-order valence-corrected chi connectivity index (χ1v) is 10.3. The fourth-order valence-electron chi connectivity index (χ4n) is 5.04. The lowest BCUT2D eigenvalue weighted by atomic mass is 9.64.